The molecule has 188 valence electrons. The molecule has 0 unspecified atom stereocenters. The minimum absolute atomic E-state index is 0.0332. The normalized spacial score (nSPS) is 14.3. The van der Waals surface area contributed by atoms with Gasteiger partial charge in [-0.15, -0.1) is 0 Å². The van der Waals surface area contributed by atoms with Gasteiger partial charge in [0.1, 0.15) is 5.76 Å². The topological polar surface area (TPSA) is 138 Å². The lowest BCUT2D eigenvalue weighted by Crippen LogP contribution is -2.48. The van der Waals surface area contributed by atoms with Crippen LogP contribution in [0.25, 0.3) is 11.3 Å². The Balaban J connectivity index is 1.42. The average molecular weight is 530 g/mol. The summed E-state index contributed by atoms with van der Waals surface area (Å²) < 4.78 is 30.6. The number of thiocarbonyl (C=S) groups is 1. The molecule has 0 aliphatic carbocycles. The first-order chi connectivity index (χ1) is 17.1. The average Bonchev–Trinajstić information content (AvgIpc) is 3.34. The van der Waals surface area contributed by atoms with E-state index in [9.17, 15) is 23.3 Å². The first-order valence-corrected chi connectivity index (χ1v) is 13.1. The highest BCUT2D eigenvalue weighted by Crippen LogP contribution is 2.31. The van der Waals surface area contributed by atoms with Gasteiger partial charge < -0.3 is 14.6 Å². The fourth-order valence-corrected chi connectivity index (χ4v) is 4.91. The molecule has 1 fully saturated rings. The van der Waals surface area contributed by atoms with Gasteiger partial charge in [-0.2, -0.15) is 4.31 Å². The Morgan fingerprint density at radius 3 is 2.39 bits per heavy atom. The number of nitro groups is 1. The highest BCUT2D eigenvalue weighted by atomic mass is 32.2. The summed E-state index contributed by atoms with van der Waals surface area (Å²) in [5.41, 5.74) is 1.59. The third kappa shape index (κ3) is 5.70. The van der Waals surface area contributed by atoms with Crippen molar-refractivity contribution in [2.24, 2.45) is 0 Å². The first-order valence-electron chi connectivity index (χ1n) is 10.9. The molecule has 0 radical (unpaired) electrons. The maximum Gasteiger partial charge on any atom is 0.293 e. The van der Waals surface area contributed by atoms with Crippen molar-refractivity contribution < 1.29 is 22.6 Å². The Hall–Kier alpha value is -3.81. The Kier molecular flexibility index (Phi) is 7.33. The van der Waals surface area contributed by atoms with Gasteiger partial charge in [0.25, 0.3) is 11.6 Å². The summed E-state index contributed by atoms with van der Waals surface area (Å²) in [6.45, 7) is 1.75. The van der Waals surface area contributed by atoms with Crippen LogP contribution in [0.15, 0.2) is 65.1 Å². The summed E-state index contributed by atoms with van der Waals surface area (Å²) in [7, 11) is -3.24. The summed E-state index contributed by atoms with van der Waals surface area (Å²) in [6.07, 6.45) is 1.20. The number of sulfonamides is 1. The number of carbonyl (C=O) groups is 1. The Bertz CT molecular complexity index is 1410. The summed E-state index contributed by atoms with van der Waals surface area (Å²) in [5, 5.41) is 16.9. The Labute approximate surface area is 212 Å². The summed E-state index contributed by atoms with van der Waals surface area (Å²) >= 11 is 5.32. The van der Waals surface area contributed by atoms with E-state index in [1.54, 1.807) is 18.2 Å². The van der Waals surface area contributed by atoms with Crippen LogP contribution in [0.3, 0.4) is 0 Å². The lowest BCUT2D eigenvalue weighted by molar-refractivity contribution is -0.384. The van der Waals surface area contributed by atoms with Crippen LogP contribution >= 0.6 is 12.2 Å². The molecule has 2 heterocycles. The number of hydrogen-bond acceptors (Lipinski definition) is 8. The van der Waals surface area contributed by atoms with Crippen LogP contribution < -0.4 is 15.5 Å². The van der Waals surface area contributed by atoms with Gasteiger partial charge >= 0.3 is 0 Å². The van der Waals surface area contributed by atoms with Crippen molar-refractivity contribution >= 4 is 50.3 Å². The van der Waals surface area contributed by atoms with Crippen molar-refractivity contribution in [3.05, 3.63) is 76.5 Å². The second-order valence-electron chi connectivity index (χ2n) is 8.01. The van der Waals surface area contributed by atoms with Crippen molar-refractivity contribution in [2.75, 3.05) is 42.7 Å². The monoisotopic (exact) mass is 529 g/mol. The number of carbonyl (C=O) groups excluding carboxylic acids is 1. The van der Waals surface area contributed by atoms with E-state index in [0.29, 0.717) is 31.9 Å². The van der Waals surface area contributed by atoms with Crippen molar-refractivity contribution in [3.63, 3.8) is 0 Å². The molecule has 13 heteroatoms. The predicted molar refractivity (Wildman–Crippen MR) is 140 cm³/mol. The van der Waals surface area contributed by atoms with Crippen molar-refractivity contribution in [3.8, 4) is 11.3 Å². The lowest BCUT2D eigenvalue weighted by atomic mass is 10.1. The molecule has 0 spiro atoms. The van der Waals surface area contributed by atoms with Crippen LogP contribution in [-0.4, -0.2) is 61.1 Å². The number of rotatable bonds is 6. The molecule has 1 aliphatic rings. The van der Waals surface area contributed by atoms with Gasteiger partial charge in [-0.3, -0.25) is 20.2 Å². The van der Waals surface area contributed by atoms with E-state index in [0.717, 1.165) is 5.69 Å². The number of nitrogens with one attached hydrogen (secondary N) is 2. The van der Waals surface area contributed by atoms with Crippen LogP contribution in [-0.2, 0) is 10.0 Å². The number of nitro benzene ring substituents is 1. The molecule has 2 aromatic carbocycles. The zero-order chi connectivity index (χ0) is 25.9. The number of hydrogen-bond donors (Lipinski definition) is 2. The van der Waals surface area contributed by atoms with Crippen molar-refractivity contribution in [1.29, 1.82) is 0 Å². The molecule has 1 amide bonds. The molecule has 4 rings (SSSR count). The number of amides is 1. The second kappa shape index (κ2) is 10.4. The highest BCUT2D eigenvalue weighted by molar-refractivity contribution is 7.88. The number of nitrogens with zero attached hydrogens (tertiary/aromatic N) is 3. The minimum Gasteiger partial charge on any atom is -0.451 e. The number of para-hydroxylation sites is 3. The highest BCUT2D eigenvalue weighted by Gasteiger charge is 2.25. The first kappa shape index (κ1) is 25.3. The third-order valence-electron chi connectivity index (χ3n) is 5.62. The molecular weight excluding hydrogens is 506 g/mol. The van der Waals surface area contributed by atoms with Gasteiger partial charge in [-0.1, -0.05) is 24.3 Å². The third-order valence-corrected chi connectivity index (χ3v) is 7.13. The maximum atomic E-state index is 12.7. The lowest BCUT2D eigenvalue weighted by Gasteiger charge is -2.35. The van der Waals surface area contributed by atoms with Gasteiger partial charge in [0.05, 0.1) is 28.1 Å². The quantitative estimate of drug-likeness (QED) is 0.280. The second-order valence-corrected chi connectivity index (χ2v) is 10.4. The fourth-order valence-electron chi connectivity index (χ4n) is 3.88. The number of furan rings is 1. The predicted octanol–water partition coefficient (Wildman–Crippen LogP) is 3.06. The molecular formula is C23H23N5O6S2. The fraction of sp³-hybridized carbons (Fsp3) is 0.217. The molecule has 36 heavy (non-hydrogen) atoms. The van der Waals surface area contributed by atoms with Gasteiger partial charge in [0.15, 0.2) is 10.9 Å². The molecule has 1 saturated heterocycles. The van der Waals surface area contributed by atoms with Gasteiger partial charge in [-0.25, -0.2) is 8.42 Å². The molecule has 2 N–H and O–H groups in total. The molecule has 0 saturated carbocycles. The number of anilines is 2. The Morgan fingerprint density at radius 1 is 1.03 bits per heavy atom. The van der Waals surface area contributed by atoms with E-state index in [2.05, 4.69) is 10.6 Å². The van der Waals surface area contributed by atoms with Crippen LogP contribution in [0.2, 0.25) is 0 Å². The molecule has 1 aliphatic heterocycles. The van der Waals surface area contributed by atoms with Crippen LogP contribution in [0, 0.1) is 10.1 Å². The zero-order valence-electron chi connectivity index (χ0n) is 19.2. The van der Waals surface area contributed by atoms with E-state index in [1.165, 1.54) is 34.8 Å². The van der Waals surface area contributed by atoms with Crippen molar-refractivity contribution in [1.82, 2.24) is 9.62 Å². The summed E-state index contributed by atoms with van der Waals surface area (Å²) in [5.74, 6) is -0.487. The van der Waals surface area contributed by atoms with Gasteiger partial charge in [-0.05, 0) is 42.5 Å². The van der Waals surface area contributed by atoms with E-state index in [4.69, 9.17) is 16.6 Å². The van der Waals surface area contributed by atoms with Crippen LogP contribution in [0.4, 0.5) is 17.1 Å². The van der Waals surface area contributed by atoms with E-state index in [1.807, 2.05) is 23.1 Å². The SMILES string of the molecule is CS(=O)(=O)N1CCN(c2ccccc2NC(=S)NC(=O)c2ccc(-c3ccccc3[N+](=O)[O-])o2)CC1. The maximum absolute atomic E-state index is 12.7. The smallest absolute Gasteiger partial charge is 0.293 e. The standard InChI is InChI=1S/C23H23N5O6S2/c1-36(32,33)27-14-12-26(13-15-27)19-9-5-3-7-17(19)24-23(35)25-22(29)21-11-10-20(34-21)16-6-2-4-8-18(16)28(30)31/h2-11H,12-15H2,1H3,(H2,24,25,29,35). The van der Waals surface area contributed by atoms with E-state index in [-0.39, 0.29) is 27.9 Å². The minimum atomic E-state index is -3.24. The molecule has 0 bridgehead atoms. The van der Waals surface area contributed by atoms with Crippen LogP contribution in [0.1, 0.15) is 10.6 Å². The summed E-state index contributed by atoms with van der Waals surface area (Å²) in [4.78, 5) is 25.5. The van der Waals surface area contributed by atoms with Gasteiger partial charge in [0, 0.05) is 32.2 Å². The molecule has 1 aromatic heterocycles. The largest absolute Gasteiger partial charge is 0.451 e. The number of benzene rings is 2. The molecule has 11 nitrogen and oxygen atoms in total. The molecule has 0 atom stereocenters. The molecule has 3 aromatic rings. The van der Waals surface area contributed by atoms with Gasteiger partial charge in [0.2, 0.25) is 10.0 Å². The number of piperazine rings is 1. The summed E-state index contributed by atoms with van der Waals surface area (Å²) in [6, 6.07) is 16.3. The van der Waals surface area contributed by atoms with E-state index < -0.39 is 20.9 Å². The Morgan fingerprint density at radius 2 is 1.69 bits per heavy atom. The van der Waals surface area contributed by atoms with Crippen LogP contribution in [0.5, 0.6) is 0 Å². The van der Waals surface area contributed by atoms with E-state index >= 15 is 0 Å². The van der Waals surface area contributed by atoms with Crippen molar-refractivity contribution in [2.45, 2.75) is 0 Å². The zero-order valence-corrected chi connectivity index (χ0v) is 20.8.